The number of thiophene rings is 1. The topological polar surface area (TPSA) is 84.0 Å². The molecule has 0 atom stereocenters. The Hall–Kier alpha value is -1.67. The lowest BCUT2D eigenvalue weighted by Gasteiger charge is -2.11. The third-order valence-electron chi connectivity index (χ3n) is 3.95. The Labute approximate surface area is 155 Å². The van der Waals surface area contributed by atoms with Gasteiger partial charge in [0.1, 0.15) is 16.2 Å². The second-order valence-electron chi connectivity index (χ2n) is 6.36. The second-order valence-corrected chi connectivity index (χ2v) is 8.41. The number of aryl methyl sites for hydroxylation is 2. The molecular formula is C17H22N4O2S2. The van der Waals surface area contributed by atoms with Crippen LogP contribution in [0.15, 0.2) is 11.4 Å². The van der Waals surface area contributed by atoms with Crippen molar-refractivity contribution in [3.8, 4) is 0 Å². The minimum absolute atomic E-state index is 0.00457. The van der Waals surface area contributed by atoms with Gasteiger partial charge in [0.25, 0.3) is 0 Å². The van der Waals surface area contributed by atoms with Crippen LogP contribution in [-0.4, -0.2) is 40.1 Å². The van der Waals surface area contributed by atoms with Crippen molar-refractivity contribution in [3.63, 3.8) is 0 Å². The molecule has 0 saturated heterocycles. The van der Waals surface area contributed by atoms with Crippen LogP contribution in [0.2, 0.25) is 0 Å². The fraction of sp³-hybridized carbons (Fsp3) is 0.529. The van der Waals surface area contributed by atoms with Crippen LogP contribution in [0.3, 0.4) is 0 Å². The molecular weight excluding hydrogens is 356 g/mol. The van der Waals surface area contributed by atoms with Gasteiger partial charge in [-0.2, -0.15) is 0 Å². The molecule has 2 N–H and O–H groups in total. The fourth-order valence-electron chi connectivity index (χ4n) is 2.91. The first-order valence-corrected chi connectivity index (χ1v) is 10.3. The normalized spacial score (nSPS) is 13.7. The van der Waals surface area contributed by atoms with Gasteiger partial charge in [-0.1, -0.05) is 11.8 Å². The van der Waals surface area contributed by atoms with Gasteiger partial charge in [0, 0.05) is 16.3 Å². The molecule has 0 fully saturated rings. The van der Waals surface area contributed by atoms with E-state index in [0.29, 0.717) is 0 Å². The summed E-state index contributed by atoms with van der Waals surface area (Å²) in [6, 6.07) is 0.0675. The highest BCUT2D eigenvalue weighted by atomic mass is 32.2. The molecule has 3 rings (SSSR count). The standard InChI is InChI=1S/C17H22N4O2S2/c1-10(2)21-13(22)7-18-14(23)8-24-16-15-11-5-3-4-6-12(11)25-17(15)20-9-19-16/h9-10H,3-8H2,1-2H3,(H,18,23)(H,21,22). The number of thioether (sulfide) groups is 1. The van der Waals surface area contributed by atoms with Crippen LogP contribution in [0.5, 0.6) is 0 Å². The molecule has 134 valence electrons. The number of carbonyl (C=O) groups excluding carboxylic acids is 2. The molecule has 0 bridgehead atoms. The number of nitrogens with zero attached hydrogens (tertiary/aromatic N) is 2. The van der Waals surface area contributed by atoms with Gasteiger partial charge in [0.05, 0.1) is 12.3 Å². The Morgan fingerprint density at radius 3 is 2.84 bits per heavy atom. The zero-order valence-corrected chi connectivity index (χ0v) is 16.1. The minimum atomic E-state index is -0.176. The highest BCUT2D eigenvalue weighted by Crippen LogP contribution is 2.39. The maximum Gasteiger partial charge on any atom is 0.239 e. The van der Waals surface area contributed by atoms with Crippen molar-refractivity contribution in [1.29, 1.82) is 0 Å². The third kappa shape index (κ3) is 4.49. The van der Waals surface area contributed by atoms with E-state index in [9.17, 15) is 9.59 Å². The predicted molar refractivity (Wildman–Crippen MR) is 101 cm³/mol. The molecule has 2 amide bonds. The van der Waals surface area contributed by atoms with E-state index in [-0.39, 0.29) is 30.2 Å². The van der Waals surface area contributed by atoms with Crippen molar-refractivity contribution >= 4 is 45.1 Å². The Balaban J connectivity index is 1.62. The lowest BCUT2D eigenvalue weighted by molar-refractivity contribution is -0.125. The Bertz CT molecular complexity index is 788. The van der Waals surface area contributed by atoms with E-state index in [0.717, 1.165) is 28.1 Å². The van der Waals surface area contributed by atoms with Crippen molar-refractivity contribution in [1.82, 2.24) is 20.6 Å². The molecule has 2 heterocycles. The van der Waals surface area contributed by atoms with E-state index in [2.05, 4.69) is 20.6 Å². The van der Waals surface area contributed by atoms with Crippen LogP contribution in [0.25, 0.3) is 10.2 Å². The quantitative estimate of drug-likeness (QED) is 0.595. The second kappa shape index (κ2) is 8.14. The summed E-state index contributed by atoms with van der Waals surface area (Å²) in [7, 11) is 0. The molecule has 0 unspecified atom stereocenters. The Kier molecular flexibility index (Phi) is 5.90. The number of aromatic nitrogens is 2. The Morgan fingerprint density at radius 1 is 1.24 bits per heavy atom. The number of hydrogen-bond acceptors (Lipinski definition) is 6. The van der Waals surface area contributed by atoms with Crippen molar-refractivity contribution in [2.75, 3.05) is 12.3 Å². The van der Waals surface area contributed by atoms with Gasteiger partial charge >= 0.3 is 0 Å². The zero-order chi connectivity index (χ0) is 17.8. The van der Waals surface area contributed by atoms with Crippen molar-refractivity contribution < 1.29 is 9.59 Å². The van der Waals surface area contributed by atoms with E-state index in [1.165, 1.54) is 35.0 Å². The van der Waals surface area contributed by atoms with Gasteiger partial charge in [-0.15, -0.1) is 11.3 Å². The molecule has 0 aromatic carbocycles. The van der Waals surface area contributed by atoms with Crippen molar-refractivity contribution in [3.05, 3.63) is 16.8 Å². The van der Waals surface area contributed by atoms with Crippen molar-refractivity contribution in [2.45, 2.75) is 50.6 Å². The SMILES string of the molecule is CC(C)NC(=O)CNC(=O)CSc1ncnc2sc3c(c12)CCCC3. The van der Waals surface area contributed by atoms with Gasteiger partial charge in [0.15, 0.2) is 0 Å². The summed E-state index contributed by atoms with van der Waals surface area (Å²) in [5.41, 5.74) is 1.37. The van der Waals surface area contributed by atoms with Gasteiger partial charge in [0.2, 0.25) is 11.8 Å². The van der Waals surface area contributed by atoms with Crippen LogP contribution in [-0.2, 0) is 22.4 Å². The van der Waals surface area contributed by atoms with E-state index >= 15 is 0 Å². The molecule has 8 heteroatoms. The summed E-state index contributed by atoms with van der Waals surface area (Å²) in [5.74, 6) is -0.101. The highest BCUT2D eigenvalue weighted by Gasteiger charge is 2.20. The molecule has 0 spiro atoms. The lowest BCUT2D eigenvalue weighted by atomic mass is 9.97. The molecule has 1 aliphatic rings. The van der Waals surface area contributed by atoms with Crippen LogP contribution in [0.1, 0.15) is 37.1 Å². The van der Waals surface area contributed by atoms with E-state index in [1.54, 1.807) is 17.7 Å². The van der Waals surface area contributed by atoms with E-state index < -0.39 is 0 Å². The molecule has 6 nitrogen and oxygen atoms in total. The van der Waals surface area contributed by atoms with Gasteiger partial charge in [-0.3, -0.25) is 9.59 Å². The van der Waals surface area contributed by atoms with E-state index in [1.807, 2.05) is 13.8 Å². The number of hydrogen-bond donors (Lipinski definition) is 2. The summed E-state index contributed by atoms with van der Waals surface area (Å²) in [5, 5.41) is 7.39. The van der Waals surface area contributed by atoms with Crippen LogP contribution in [0.4, 0.5) is 0 Å². The number of nitrogens with one attached hydrogen (secondary N) is 2. The summed E-state index contributed by atoms with van der Waals surface area (Å²) < 4.78 is 0. The van der Waals surface area contributed by atoms with Crippen molar-refractivity contribution in [2.24, 2.45) is 0 Å². The molecule has 0 aliphatic heterocycles. The fourth-order valence-corrected chi connectivity index (χ4v) is 5.06. The number of carbonyl (C=O) groups is 2. The minimum Gasteiger partial charge on any atom is -0.352 e. The number of rotatable bonds is 6. The van der Waals surface area contributed by atoms with Gasteiger partial charge in [-0.25, -0.2) is 9.97 Å². The smallest absolute Gasteiger partial charge is 0.239 e. The first-order valence-electron chi connectivity index (χ1n) is 8.48. The number of amides is 2. The van der Waals surface area contributed by atoms with Gasteiger partial charge in [-0.05, 0) is 45.1 Å². The number of fused-ring (bicyclic) bond motifs is 3. The van der Waals surface area contributed by atoms with E-state index in [4.69, 9.17) is 0 Å². The summed E-state index contributed by atoms with van der Waals surface area (Å²) in [4.78, 5) is 34.8. The maximum atomic E-state index is 12.0. The zero-order valence-electron chi connectivity index (χ0n) is 14.4. The van der Waals surface area contributed by atoms with Crippen LogP contribution in [0, 0.1) is 0 Å². The maximum absolute atomic E-state index is 12.0. The third-order valence-corrected chi connectivity index (χ3v) is 6.14. The molecule has 25 heavy (non-hydrogen) atoms. The molecule has 0 saturated carbocycles. The van der Waals surface area contributed by atoms with Gasteiger partial charge < -0.3 is 10.6 Å². The average Bonchev–Trinajstić information content (AvgIpc) is 2.96. The molecule has 2 aromatic heterocycles. The first-order chi connectivity index (χ1) is 12.0. The summed E-state index contributed by atoms with van der Waals surface area (Å²) in [6.07, 6.45) is 6.18. The molecule has 0 radical (unpaired) electrons. The molecule has 1 aliphatic carbocycles. The first kappa shape index (κ1) is 18.1. The average molecular weight is 379 g/mol. The van der Waals surface area contributed by atoms with Crippen LogP contribution < -0.4 is 10.6 Å². The summed E-state index contributed by atoms with van der Waals surface area (Å²) in [6.45, 7) is 3.78. The Morgan fingerprint density at radius 2 is 2.04 bits per heavy atom. The summed E-state index contributed by atoms with van der Waals surface area (Å²) >= 11 is 3.16. The largest absolute Gasteiger partial charge is 0.352 e. The molecule has 2 aromatic rings. The highest BCUT2D eigenvalue weighted by molar-refractivity contribution is 8.00. The lowest BCUT2D eigenvalue weighted by Crippen LogP contribution is -2.40. The predicted octanol–water partition coefficient (Wildman–Crippen LogP) is 2.30. The van der Waals surface area contributed by atoms with Crippen LogP contribution >= 0.6 is 23.1 Å². The monoisotopic (exact) mass is 378 g/mol.